The average molecular weight is 297 g/mol. The van der Waals surface area contributed by atoms with Crippen molar-refractivity contribution in [1.29, 1.82) is 0 Å². The lowest BCUT2D eigenvalue weighted by atomic mass is 10.3. The summed E-state index contributed by atoms with van der Waals surface area (Å²) in [6.07, 6.45) is 1.60. The summed E-state index contributed by atoms with van der Waals surface area (Å²) in [5.74, 6) is 0.599. The van der Waals surface area contributed by atoms with E-state index in [9.17, 15) is 13.2 Å². The highest BCUT2D eigenvalue weighted by Crippen LogP contribution is 2.33. The number of rotatable bonds is 2. The van der Waals surface area contributed by atoms with Crippen LogP contribution in [0.1, 0.15) is 19.3 Å². The molecule has 2 aliphatic rings. The van der Waals surface area contributed by atoms with E-state index in [0.717, 1.165) is 10.7 Å². The summed E-state index contributed by atoms with van der Waals surface area (Å²) in [4.78, 5) is 11.7. The van der Waals surface area contributed by atoms with Crippen LogP contribution in [-0.4, -0.2) is 38.4 Å². The van der Waals surface area contributed by atoms with Gasteiger partial charge in [0.25, 0.3) is 10.0 Å². The fourth-order valence-electron chi connectivity index (χ4n) is 2.31. The van der Waals surface area contributed by atoms with Crippen molar-refractivity contribution in [2.75, 3.05) is 19.8 Å². The fourth-order valence-corrected chi connectivity index (χ4v) is 3.79. The van der Waals surface area contributed by atoms with Gasteiger partial charge in [-0.05, 0) is 18.6 Å². The number of amides is 1. The first-order valence-corrected chi connectivity index (χ1v) is 7.98. The van der Waals surface area contributed by atoms with Crippen LogP contribution in [0, 0.1) is 0 Å². The second-order valence-corrected chi connectivity index (χ2v) is 6.60. The molecule has 1 amide bonds. The summed E-state index contributed by atoms with van der Waals surface area (Å²) in [7, 11) is -3.79. The summed E-state index contributed by atoms with van der Waals surface area (Å²) in [6, 6.07) is 4.46. The molecule has 1 fully saturated rings. The van der Waals surface area contributed by atoms with Gasteiger partial charge in [0.2, 0.25) is 5.91 Å². The summed E-state index contributed by atoms with van der Waals surface area (Å²) in [5, 5.41) is 0. The van der Waals surface area contributed by atoms with Crippen LogP contribution in [0.2, 0.25) is 0 Å². The molecule has 0 unspecified atom stereocenters. The number of carbonyl (C=O) groups excluding carboxylic acids is 1. The Morgan fingerprint density at radius 3 is 2.50 bits per heavy atom. The van der Waals surface area contributed by atoms with Gasteiger partial charge in [-0.1, -0.05) is 0 Å². The molecule has 3 rings (SSSR count). The zero-order valence-electron chi connectivity index (χ0n) is 10.9. The van der Waals surface area contributed by atoms with Crippen LogP contribution in [0.3, 0.4) is 0 Å². The van der Waals surface area contributed by atoms with E-state index in [4.69, 9.17) is 9.47 Å². The molecule has 0 aromatic heterocycles. The van der Waals surface area contributed by atoms with Crippen molar-refractivity contribution in [1.82, 2.24) is 4.31 Å². The van der Waals surface area contributed by atoms with Crippen molar-refractivity contribution in [3.05, 3.63) is 18.2 Å². The minimum atomic E-state index is -3.79. The van der Waals surface area contributed by atoms with Gasteiger partial charge < -0.3 is 9.47 Å². The molecule has 0 saturated carbocycles. The molecule has 0 spiro atoms. The molecule has 108 valence electrons. The Morgan fingerprint density at radius 2 is 1.80 bits per heavy atom. The molecule has 0 bridgehead atoms. The molecule has 0 N–H and O–H groups in total. The van der Waals surface area contributed by atoms with Crippen LogP contribution in [0.4, 0.5) is 0 Å². The van der Waals surface area contributed by atoms with E-state index < -0.39 is 10.0 Å². The van der Waals surface area contributed by atoms with Gasteiger partial charge in [0.15, 0.2) is 11.5 Å². The molecule has 0 atom stereocenters. The molecule has 1 aromatic carbocycles. The second-order valence-electron chi connectivity index (χ2n) is 4.73. The van der Waals surface area contributed by atoms with E-state index in [1.54, 1.807) is 6.07 Å². The van der Waals surface area contributed by atoms with Crippen LogP contribution in [0.15, 0.2) is 23.1 Å². The molecule has 20 heavy (non-hydrogen) atoms. The molecule has 2 heterocycles. The van der Waals surface area contributed by atoms with Gasteiger partial charge >= 0.3 is 0 Å². The molecule has 6 nitrogen and oxygen atoms in total. The first-order chi connectivity index (χ1) is 9.59. The Kier molecular flexibility index (Phi) is 3.29. The molecule has 1 aromatic rings. The van der Waals surface area contributed by atoms with Crippen molar-refractivity contribution in [2.45, 2.75) is 24.2 Å². The predicted octanol–water partition coefficient (Wildman–Crippen LogP) is 1.16. The first-order valence-electron chi connectivity index (χ1n) is 6.54. The van der Waals surface area contributed by atoms with Gasteiger partial charge in [0, 0.05) is 25.5 Å². The van der Waals surface area contributed by atoms with Crippen LogP contribution in [0.25, 0.3) is 0 Å². The Bertz CT molecular complexity index is 640. The van der Waals surface area contributed by atoms with E-state index in [-0.39, 0.29) is 23.8 Å². The lowest BCUT2D eigenvalue weighted by Gasteiger charge is -2.17. The van der Waals surface area contributed by atoms with Gasteiger partial charge in [-0.25, -0.2) is 12.7 Å². The van der Waals surface area contributed by atoms with Crippen molar-refractivity contribution in [3.8, 4) is 11.5 Å². The number of sulfonamides is 1. The Balaban J connectivity index is 1.98. The lowest BCUT2D eigenvalue weighted by Crippen LogP contribution is -2.31. The quantitative estimate of drug-likeness (QED) is 0.819. The standard InChI is InChI=1S/C13H15NO5S/c15-13-3-1-6-14(13)20(16,17)10-4-5-11-12(9-10)19-8-2-7-18-11/h4-5,9H,1-3,6-8H2. The van der Waals surface area contributed by atoms with Gasteiger partial charge in [-0.15, -0.1) is 0 Å². The summed E-state index contributed by atoms with van der Waals surface area (Å²) in [5.41, 5.74) is 0. The molecular formula is C13H15NO5S. The molecule has 1 saturated heterocycles. The van der Waals surface area contributed by atoms with E-state index in [1.165, 1.54) is 12.1 Å². The number of benzene rings is 1. The predicted molar refractivity (Wildman–Crippen MR) is 70.2 cm³/mol. The molecule has 2 aliphatic heterocycles. The van der Waals surface area contributed by atoms with Gasteiger partial charge in [-0.3, -0.25) is 4.79 Å². The third kappa shape index (κ3) is 2.22. The smallest absolute Gasteiger partial charge is 0.266 e. The number of hydrogen-bond donors (Lipinski definition) is 0. The number of fused-ring (bicyclic) bond motifs is 1. The zero-order valence-corrected chi connectivity index (χ0v) is 11.7. The van der Waals surface area contributed by atoms with Gasteiger partial charge in [0.05, 0.1) is 18.1 Å². The van der Waals surface area contributed by atoms with Gasteiger partial charge in [0.1, 0.15) is 0 Å². The third-order valence-corrected chi connectivity index (χ3v) is 5.15. The van der Waals surface area contributed by atoms with Crippen LogP contribution in [0.5, 0.6) is 11.5 Å². The Hall–Kier alpha value is -1.76. The zero-order chi connectivity index (χ0) is 14.2. The maximum atomic E-state index is 12.4. The Morgan fingerprint density at radius 1 is 1.05 bits per heavy atom. The highest BCUT2D eigenvalue weighted by molar-refractivity contribution is 7.89. The number of ether oxygens (including phenoxy) is 2. The van der Waals surface area contributed by atoms with Crippen LogP contribution in [-0.2, 0) is 14.8 Å². The fraction of sp³-hybridized carbons (Fsp3) is 0.462. The van der Waals surface area contributed by atoms with Crippen LogP contribution >= 0.6 is 0 Å². The highest BCUT2D eigenvalue weighted by atomic mass is 32.2. The summed E-state index contributed by atoms with van der Waals surface area (Å²) < 4.78 is 36.7. The largest absolute Gasteiger partial charge is 0.490 e. The van der Waals surface area contributed by atoms with E-state index in [2.05, 4.69) is 0 Å². The van der Waals surface area contributed by atoms with Crippen molar-refractivity contribution < 1.29 is 22.7 Å². The molecule has 7 heteroatoms. The van der Waals surface area contributed by atoms with Crippen molar-refractivity contribution in [3.63, 3.8) is 0 Å². The molecule has 0 aliphatic carbocycles. The highest BCUT2D eigenvalue weighted by Gasteiger charge is 2.33. The first kappa shape index (κ1) is 13.2. The average Bonchev–Trinajstić information content (AvgIpc) is 2.73. The van der Waals surface area contributed by atoms with E-state index >= 15 is 0 Å². The normalized spacial score (nSPS) is 19.0. The molecular weight excluding hydrogens is 282 g/mol. The molecule has 0 radical (unpaired) electrons. The monoisotopic (exact) mass is 297 g/mol. The number of nitrogens with zero attached hydrogens (tertiary/aromatic N) is 1. The third-order valence-electron chi connectivity index (χ3n) is 3.34. The maximum absolute atomic E-state index is 12.4. The minimum Gasteiger partial charge on any atom is -0.490 e. The van der Waals surface area contributed by atoms with E-state index in [1.807, 2.05) is 0 Å². The Labute approximate surface area is 117 Å². The SMILES string of the molecule is O=C1CCCN1S(=O)(=O)c1ccc2c(c1)OCCCO2. The van der Waals surface area contributed by atoms with Crippen molar-refractivity contribution in [2.24, 2.45) is 0 Å². The van der Waals surface area contributed by atoms with Crippen LogP contribution < -0.4 is 9.47 Å². The van der Waals surface area contributed by atoms with E-state index in [0.29, 0.717) is 31.1 Å². The second kappa shape index (κ2) is 4.97. The summed E-state index contributed by atoms with van der Waals surface area (Å²) >= 11 is 0. The van der Waals surface area contributed by atoms with Gasteiger partial charge in [-0.2, -0.15) is 0 Å². The summed E-state index contributed by atoms with van der Waals surface area (Å²) in [6.45, 7) is 1.28. The maximum Gasteiger partial charge on any atom is 0.266 e. The lowest BCUT2D eigenvalue weighted by molar-refractivity contribution is -0.123. The topological polar surface area (TPSA) is 72.9 Å². The van der Waals surface area contributed by atoms with Crippen molar-refractivity contribution >= 4 is 15.9 Å². The number of carbonyl (C=O) groups is 1. The minimum absolute atomic E-state index is 0.0667. The number of hydrogen-bond acceptors (Lipinski definition) is 5.